The Labute approximate surface area is 286 Å². The number of anilines is 3. The Morgan fingerprint density at radius 1 is 0.469 bits per heavy atom. The standard InChI is InChI=1S/C46H33N3/c1-46(2)40-19-5-9-23-44(40)49(45-24-10-6-20-41(45)46)37-28-35(34-16-12-15-33(26-34)32-14-11-13-31(25-32)30-47)27-36(29-37)48-42-21-7-3-17-38(42)39-18-4-8-22-43(39)48/h3-29H,1-2H3. The van der Waals surface area contributed by atoms with E-state index in [-0.39, 0.29) is 5.41 Å². The predicted octanol–water partition coefficient (Wildman–Crippen LogP) is 12.1. The van der Waals surface area contributed by atoms with Crippen LogP contribution in [-0.4, -0.2) is 4.57 Å². The summed E-state index contributed by atoms with van der Waals surface area (Å²) < 4.78 is 2.41. The molecule has 0 radical (unpaired) electrons. The summed E-state index contributed by atoms with van der Waals surface area (Å²) in [5, 5.41) is 12.1. The summed E-state index contributed by atoms with van der Waals surface area (Å²) in [6.45, 7) is 4.66. The fourth-order valence-corrected chi connectivity index (χ4v) is 7.81. The fourth-order valence-electron chi connectivity index (χ4n) is 7.81. The zero-order valence-corrected chi connectivity index (χ0v) is 27.4. The summed E-state index contributed by atoms with van der Waals surface area (Å²) in [5.74, 6) is 0. The van der Waals surface area contributed by atoms with Crippen molar-refractivity contribution in [3.05, 3.63) is 180 Å². The first-order valence-corrected chi connectivity index (χ1v) is 16.7. The quantitative estimate of drug-likeness (QED) is 0.194. The van der Waals surface area contributed by atoms with Gasteiger partial charge in [-0.3, -0.25) is 0 Å². The number of nitrogens with zero attached hydrogens (tertiary/aromatic N) is 3. The zero-order chi connectivity index (χ0) is 33.1. The normalized spacial score (nSPS) is 13.2. The van der Waals surface area contributed by atoms with Gasteiger partial charge in [0.1, 0.15) is 0 Å². The van der Waals surface area contributed by atoms with Gasteiger partial charge in [-0.1, -0.05) is 117 Å². The molecule has 9 rings (SSSR count). The number of benzene rings is 7. The van der Waals surface area contributed by atoms with Crippen molar-refractivity contribution in [3.8, 4) is 34.0 Å². The van der Waals surface area contributed by atoms with E-state index in [0.717, 1.165) is 33.6 Å². The van der Waals surface area contributed by atoms with E-state index in [2.05, 4.69) is 175 Å². The van der Waals surface area contributed by atoms with Crippen molar-refractivity contribution in [2.24, 2.45) is 0 Å². The molecular formula is C46H33N3. The molecule has 7 aromatic carbocycles. The summed E-state index contributed by atoms with van der Waals surface area (Å²) >= 11 is 0. The Bertz CT molecular complexity index is 2510. The number of hydrogen-bond acceptors (Lipinski definition) is 2. The maximum absolute atomic E-state index is 9.58. The molecule has 0 fully saturated rings. The highest BCUT2D eigenvalue weighted by molar-refractivity contribution is 6.09. The van der Waals surface area contributed by atoms with Gasteiger partial charge in [-0.25, -0.2) is 0 Å². The minimum atomic E-state index is -0.150. The molecule has 3 nitrogen and oxygen atoms in total. The summed E-state index contributed by atoms with van der Waals surface area (Å²) in [5.41, 5.74) is 14.4. The van der Waals surface area contributed by atoms with Crippen LogP contribution in [0.1, 0.15) is 30.5 Å². The molecule has 0 N–H and O–H groups in total. The van der Waals surface area contributed by atoms with Crippen LogP contribution in [0.25, 0.3) is 49.7 Å². The third-order valence-corrected chi connectivity index (χ3v) is 10.2. The highest BCUT2D eigenvalue weighted by atomic mass is 15.2. The molecule has 8 aromatic rings. The van der Waals surface area contributed by atoms with Gasteiger partial charge in [0, 0.05) is 27.6 Å². The van der Waals surface area contributed by atoms with E-state index in [4.69, 9.17) is 0 Å². The lowest BCUT2D eigenvalue weighted by atomic mass is 9.73. The van der Waals surface area contributed by atoms with Crippen LogP contribution < -0.4 is 4.90 Å². The van der Waals surface area contributed by atoms with Gasteiger partial charge in [0.2, 0.25) is 0 Å². The highest BCUT2D eigenvalue weighted by Crippen LogP contribution is 2.52. The predicted molar refractivity (Wildman–Crippen MR) is 203 cm³/mol. The van der Waals surface area contributed by atoms with E-state index in [9.17, 15) is 5.26 Å². The van der Waals surface area contributed by atoms with Gasteiger partial charge in [0.05, 0.1) is 34.0 Å². The molecule has 0 spiro atoms. The van der Waals surface area contributed by atoms with Crippen molar-refractivity contribution in [1.29, 1.82) is 5.26 Å². The molecule has 0 aliphatic carbocycles. The zero-order valence-electron chi connectivity index (χ0n) is 27.4. The van der Waals surface area contributed by atoms with Crippen LogP contribution in [0.2, 0.25) is 0 Å². The Hall–Kier alpha value is -6.37. The molecule has 1 aliphatic heterocycles. The molecule has 0 saturated carbocycles. The van der Waals surface area contributed by atoms with E-state index < -0.39 is 0 Å². The third kappa shape index (κ3) is 4.57. The summed E-state index contributed by atoms with van der Waals surface area (Å²) in [7, 11) is 0. The van der Waals surface area contributed by atoms with Crippen LogP contribution in [0.3, 0.4) is 0 Å². The van der Waals surface area contributed by atoms with E-state index >= 15 is 0 Å². The number of rotatable bonds is 4. The van der Waals surface area contributed by atoms with Crippen LogP contribution in [0, 0.1) is 11.3 Å². The van der Waals surface area contributed by atoms with Gasteiger partial charge in [-0.05, 0) is 94.0 Å². The number of hydrogen-bond donors (Lipinski definition) is 0. The minimum absolute atomic E-state index is 0.150. The van der Waals surface area contributed by atoms with Crippen molar-refractivity contribution < 1.29 is 0 Å². The highest BCUT2D eigenvalue weighted by Gasteiger charge is 2.36. The summed E-state index contributed by atoms with van der Waals surface area (Å²) in [6.07, 6.45) is 0. The van der Waals surface area contributed by atoms with Gasteiger partial charge < -0.3 is 9.47 Å². The molecule has 2 heterocycles. The second-order valence-electron chi connectivity index (χ2n) is 13.4. The minimum Gasteiger partial charge on any atom is -0.310 e. The van der Waals surface area contributed by atoms with Crippen LogP contribution in [-0.2, 0) is 5.41 Å². The van der Waals surface area contributed by atoms with Crippen molar-refractivity contribution >= 4 is 38.9 Å². The first-order chi connectivity index (χ1) is 24.0. The Morgan fingerprint density at radius 3 is 1.61 bits per heavy atom. The smallest absolute Gasteiger partial charge is 0.0991 e. The Morgan fingerprint density at radius 2 is 0.980 bits per heavy atom. The average molecular weight is 628 g/mol. The van der Waals surface area contributed by atoms with Crippen molar-refractivity contribution in [2.75, 3.05) is 4.90 Å². The molecule has 232 valence electrons. The third-order valence-electron chi connectivity index (χ3n) is 10.2. The van der Waals surface area contributed by atoms with Gasteiger partial charge in [-0.2, -0.15) is 5.26 Å². The van der Waals surface area contributed by atoms with E-state index in [1.165, 1.54) is 44.3 Å². The molecule has 0 saturated heterocycles. The molecule has 1 aromatic heterocycles. The van der Waals surface area contributed by atoms with Gasteiger partial charge in [0.15, 0.2) is 0 Å². The van der Waals surface area contributed by atoms with Crippen LogP contribution >= 0.6 is 0 Å². The Kier molecular flexibility index (Phi) is 6.54. The SMILES string of the molecule is CC1(C)c2ccccc2N(c2cc(-c3cccc(-c4cccc(C#N)c4)c3)cc(-n3c4ccccc4c4ccccc43)c2)c2ccccc21. The number of nitriles is 1. The maximum Gasteiger partial charge on any atom is 0.0991 e. The lowest BCUT2D eigenvalue weighted by Gasteiger charge is -2.42. The Balaban J connectivity index is 1.33. The second kappa shape index (κ2) is 11.1. The number of para-hydroxylation sites is 4. The largest absolute Gasteiger partial charge is 0.310 e. The van der Waals surface area contributed by atoms with Gasteiger partial charge >= 0.3 is 0 Å². The van der Waals surface area contributed by atoms with Crippen LogP contribution in [0.4, 0.5) is 17.1 Å². The second-order valence-corrected chi connectivity index (χ2v) is 13.4. The molecule has 0 amide bonds. The molecule has 0 bridgehead atoms. The maximum atomic E-state index is 9.58. The van der Waals surface area contributed by atoms with E-state index in [1.54, 1.807) is 0 Å². The molecular weight excluding hydrogens is 595 g/mol. The molecule has 0 atom stereocenters. The molecule has 0 unspecified atom stereocenters. The van der Waals surface area contributed by atoms with Gasteiger partial charge in [-0.15, -0.1) is 0 Å². The first kappa shape index (κ1) is 28.8. The van der Waals surface area contributed by atoms with E-state index in [0.29, 0.717) is 5.56 Å². The molecule has 49 heavy (non-hydrogen) atoms. The van der Waals surface area contributed by atoms with Crippen molar-refractivity contribution in [2.45, 2.75) is 19.3 Å². The molecule has 1 aliphatic rings. The van der Waals surface area contributed by atoms with Crippen LogP contribution in [0.5, 0.6) is 0 Å². The lowest BCUT2D eigenvalue weighted by Crippen LogP contribution is -2.30. The van der Waals surface area contributed by atoms with Gasteiger partial charge in [0.25, 0.3) is 0 Å². The van der Waals surface area contributed by atoms with Crippen molar-refractivity contribution in [1.82, 2.24) is 4.57 Å². The average Bonchev–Trinajstić information content (AvgIpc) is 3.49. The van der Waals surface area contributed by atoms with E-state index in [1.807, 2.05) is 18.2 Å². The first-order valence-electron chi connectivity index (χ1n) is 16.7. The van der Waals surface area contributed by atoms with Crippen LogP contribution in [0.15, 0.2) is 164 Å². The van der Waals surface area contributed by atoms with Crippen molar-refractivity contribution in [3.63, 3.8) is 0 Å². The topological polar surface area (TPSA) is 32.0 Å². The monoisotopic (exact) mass is 627 g/mol. The molecule has 3 heteroatoms. The summed E-state index contributed by atoms with van der Waals surface area (Å²) in [6, 6.07) is 60.8. The lowest BCUT2D eigenvalue weighted by molar-refractivity contribution is 0.632. The fraction of sp³-hybridized carbons (Fsp3) is 0.0652. The summed E-state index contributed by atoms with van der Waals surface area (Å²) in [4.78, 5) is 2.44. The number of fused-ring (bicyclic) bond motifs is 5. The number of aromatic nitrogens is 1.